The van der Waals surface area contributed by atoms with Crippen molar-refractivity contribution < 1.29 is 14.3 Å². The molecule has 130 valence electrons. The summed E-state index contributed by atoms with van der Waals surface area (Å²) in [5, 5.41) is 10.4. The summed E-state index contributed by atoms with van der Waals surface area (Å²) in [5.74, 6) is -0.984. The Bertz CT molecular complexity index is 777. The van der Waals surface area contributed by atoms with Crippen LogP contribution >= 0.6 is 11.8 Å². The molecule has 2 atom stereocenters. The molecule has 1 aliphatic heterocycles. The third-order valence-electron chi connectivity index (χ3n) is 3.99. The topological polar surface area (TPSA) is 71.7 Å². The molecule has 1 unspecified atom stereocenters. The molecule has 1 aromatic carbocycles. The molecule has 0 spiro atoms. The number of hydrogen-bond donors (Lipinski definition) is 0. The quantitative estimate of drug-likeness (QED) is 0.574. The molecule has 25 heavy (non-hydrogen) atoms. The van der Waals surface area contributed by atoms with Crippen molar-refractivity contribution in [2.75, 3.05) is 20.0 Å². The van der Waals surface area contributed by atoms with Gasteiger partial charge in [0.1, 0.15) is 23.3 Å². The van der Waals surface area contributed by atoms with E-state index in [4.69, 9.17) is 9.47 Å². The normalized spacial score (nSPS) is 19.7. The Balaban J connectivity index is 2.63. The van der Waals surface area contributed by atoms with E-state index >= 15 is 0 Å². The molecule has 2 rings (SSSR count). The van der Waals surface area contributed by atoms with Crippen molar-refractivity contribution in [3.05, 3.63) is 53.1 Å². The van der Waals surface area contributed by atoms with E-state index in [9.17, 15) is 10.1 Å². The molecule has 0 aromatic heterocycles. The summed E-state index contributed by atoms with van der Waals surface area (Å²) in [6, 6.07) is 9.63. The molecule has 1 aromatic rings. The zero-order chi connectivity index (χ0) is 18.4. The number of nitriles is 1. The Morgan fingerprint density at radius 2 is 2.20 bits per heavy atom. The zero-order valence-electron chi connectivity index (χ0n) is 14.5. The Morgan fingerprint density at radius 3 is 2.80 bits per heavy atom. The SMILES string of the molecule is C=CCOC(=O)C1C(C)=NC(SC)=C(C#N)[C@@H]1c1ccccc1OC. The fraction of sp³-hybridized carbons (Fsp3) is 0.316. The van der Waals surface area contributed by atoms with Gasteiger partial charge in [-0.05, 0) is 19.2 Å². The number of aliphatic imine (C=N–C) groups is 1. The smallest absolute Gasteiger partial charge is 0.315 e. The Hall–Kier alpha value is -2.52. The molecule has 0 bridgehead atoms. The fourth-order valence-corrected chi connectivity index (χ4v) is 3.53. The van der Waals surface area contributed by atoms with Crippen LogP contribution in [0, 0.1) is 17.2 Å². The van der Waals surface area contributed by atoms with Crippen LogP contribution in [-0.2, 0) is 9.53 Å². The lowest BCUT2D eigenvalue weighted by molar-refractivity contribution is -0.145. The lowest BCUT2D eigenvalue weighted by atomic mass is 9.77. The third-order valence-corrected chi connectivity index (χ3v) is 4.69. The highest BCUT2D eigenvalue weighted by Crippen LogP contribution is 2.44. The number of hydrogen-bond acceptors (Lipinski definition) is 6. The van der Waals surface area contributed by atoms with Crippen LogP contribution in [0.5, 0.6) is 5.75 Å². The highest BCUT2D eigenvalue weighted by atomic mass is 32.2. The average molecular weight is 356 g/mol. The van der Waals surface area contributed by atoms with Gasteiger partial charge in [0.25, 0.3) is 0 Å². The van der Waals surface area contributed by atoms with Gasteiger partial charge < -0.3 is 9.47 Å². The van der Waals surface area contributed by atoms with Gasteiger partial charge in [0.05, 0.1) is 18.8 Å². The van der Waals surface area contributed by atoms with E-state index in [-0.39, 0.29) is 6.61 Å². The molecule has 0 amide bonds. The van der Waals surface area contributed by atoms with E-state index in [1.807, 2.05) is 30.5 Å². The summed E-state index contributed by atoms with van der Waals surface area (Å²) in [7, 11) is 1.57. The second-order valence-corrected chi connectivity index (χ2v) is 6.20. The van der Waals surface area contributed by atoms with Crippen molar-refractivity contribution in [3.8, 4) is 11.8 Å². The summed E-state index contributed by atoms with van der Waals surface area (Å²) < 4.78 is 10.7. The number of rotatable bonds is 6. The standard InChI is InChI=1S/C19H20N2O3S/c1-5-10-24-19(22)16-12(2)21-18(25-4)14(11-20)17(16)13-8-6-7-9-15(13)23-3/h5-9,16-17H,1,10H2,2-4H3/t16?,17-/m0/s1. The van der Waals surface area contributed by atoms with Gasteiger partial charge in [0.15, 0.2) is 0 Å². The number of para-hydroxylation sites is 1. The van der Waals surface area contributed by atoms with E-state index in [2.05, 4.69) is 17.6 Å². The van der Waals surface area contributed by atoms with Gasteiger partial charge in [-0.3, -0.25) is 4.79 Å². The van der Waals surface area contributed by atoms with Crippen LogP contribution in [0.2, 0.25) is 0 Å². The van der Waals surface area contributed by atoms with Crippen LogP contribution < -0.4 is 4.74 Å². The average Bonchev–Trinajstić information content (AvgIpc) is 2.64. The molecule has 0 fully saturated rings. The second kappa shape index (κ2) is 8.54. The van der Waals surface area contributed by atoms with E-state index in [0.717, 1.165) is 5.56 Å². The van der Waals surface area contributed by atoms with Crippen LogP contribution in [0.4, 0.5) is 0 Å². The maximum Gasteiger partial charge on any atom is 0.315 e. The van der Waals surface area contributed by atoms with Crippen molar-refractivity contribution in [3.63, 3.8) is 0 Å². The maximum atomic E-state index is 12.7. The first-order valence-electron chi connectivity index (χ1n) is 7.72. The molecule has 0 aliphatic carbocycles. The van der Waals surface area contributed by atoms with E-state index in [1.54, 1.807) is 14.0 Å². The molecule has 0 saturated heterocycles. The molecule has 5 nitrogen and oxygen atoms in total. The number of ether oxygens (including phenoxy) is 2. The Morgan fingerprint density at radius 1 is 1.48 bits per heavy atom. The van der Waals surface area contributed by atoms with Crippen LogP contribution in [0.25, 0.3) is 0 Å². The number of thioether (sulfide) groups is 1. The summed E-state index contributed by atoms with van der Waals surface area (Å²) in [5.41, 5.74) is 1.83. The lowest BCUT2D eigenvalue weighted by Crippen LogP contribution is -2.34. The first-order chi connectivity index (χ1) is 12.1. The number of nitrogens with zero attached hydrogens (tertiary/aromatic N) is 2. The van der Waals surface area contributed by atoms with Gasteiger partial charge in [0.2, 0.25) is 0 Å². The minimum absolute atomic E-state index is 0.113. The van der Waals surface area contributed by atoms with Crippen LogP contribution in [0.15, 0.2) is 52.5 Å². The molecule has 0 saturated carbocycles. The van der Waals surface area contributed by atoms with Crippen molar-refractivity contribution in [1.82, 2.24) is 0 Å². The van der Waals surface area contributed by atoms with Crippen molar-refractivity contribution in [1.29, 1.82) is 5.26 Å². The van der Waals surface area contributed by atoms with E-state index < -0.39 is 17.8 Å². The minimum atomic E-state index is -0.679. The van der Waals surface area contributed by atoms with Gasteiger partial charge in [0, 0.05) is 17.2 Å². The predicted octanol–water partition coefficient (Wildman–Crippen LogP) is 3.70. The highest BCUT2D eigenvalue weighted by molar-refractivity contribution is 8.02. The van der Waals surface area contributed by atoms with Gasteiger partial charge >= 0.3 is 5.97 Å². The number of carbonyl (C=O) groups is 1. The lowest BCUT2D eigenvalue weighted by Gasteiger charge is -2.30. The van der Waals surface area contributed by atoms with Crippen LogP contribution in [0.1, 0.15) is 18.4 Å². The largest absolute Gasteiger partial charge is 0.496 e. The van der Waals surface area contributed by atoms with Crippen LogP contribution in [0.3, 0.4) is 0 Å². The summed E-state index contributed by atoms with van der Waals surface area (Å²) in [6.07, 6.45) is 3.37. The predicted molar refractivity (Wildman–Crippen MR) is 99.6 cm³/mol. The molecule has 0 radical (unpaired) electrons. The van der Waals surface area contributed by atoms with Gasteiger partial charge in [-0.2, -0.15) is 5.26 Å². The molecular weight excluding hydrogens is 336 g/mol. The summed E-state index contributed by atoms with van der Waals surface area (Å²) >= 11 is 1.39. The number of benzene rings is 1. The van der Waals surface area contributed by atoms with Gasteiger partial charge in [-0.25, -0.2) is 4.99 Å². The minimum Gasteiger partial charge on any atom is -0.496 e. The summed E-state index contributed by atoms with van der Waals surface area (Å²) in [4.78, 5) is 17.1. The molecule has 6 heteroatoms. The second-order valence-electron chi connectivity index (χ2n) is 5.40. The maximum absolute atomic E-state index is 12.7. The number of allylic oxidation sites excluding steroid dienone is 1. The highest BCUT2D eigenvalue weighted by Gasteiger charge is 2.41. The van der Waals surface area contributed by atoms with Gasteiger partial charge in [-0.15, -0.1) is 11.8 Å². The van der Waals surface area contributed by atoms with Crippen LogP contribution in [-0.4, -0.2) is 31.7 Å². The zero-order valence-corrected chi connectivity index (χ0v) is 15.3. The molecule has 1 aliphatic rings. The Labute approximate surface area is 152 Å². The third kappa shape index (κ3) is 3.77. The molecule has 0 N–H and O–H groups in total. The monoisotopic (exact) mass is 356 g/mol. The van der Waals surface area contributed by atoms with Crippen molar-refractivity contribution in [2.45, 2.75) is 12.8 Å². The fourth-order valence-electron chi connectivity index (χ4n) is 2.90. The van der Waals surface area contributed by atoms with E-state index in [0.29, 0.717) is 22.1 Å². The molecular formula is C19H20N2O3S. The van der Waals surface area contributed by atoms with Crippen molar-refractivity contribution in [2.24, 2.45) is 10.9 Å². The number of methoxy groups -OCH3 is 1. The number of carbonyl (C=O) groups excluding carboxylic acids is 1. The van der Waals surface area contributed by atoms with E-state index in [1.165, 1.54) is 17.8 Å². The van der Waals surface area contributed by atoms with Gasteiger partial charge in [-0.1, -0.05) is 30.9 Å². The number of esters is 1. The van der Waals surface area contributed by atoms with Crippen molar-refractivity contribution >= 4 is 23.4 Å². The summed E-state index contributed by atoms with van der Waals surface area (Å²) in [6.45, 7) is 5.46. The molecule has 1 heterocycles. The first kappa shape index (κ1) is 18.8. The first-order valence-corrected chi connectivity index (χ1v) is 8.95. The Kier molecular flexibility index (Phi) is 6.43.